The Morgan fingerprint density at radius 1 is 0.818 bits per heavy atom. The second kappa shape index (κ2) is 15.2. The normalized spacial score (nSPS) is 16.6. The van der Waals surface area contributed by atoms with Crippen LogP contribution in [0.2, 0.25) is 0 Å². The van der Waals surface area contributed by atoms with Crippen LogP contribution in [0.5, 0.6) is 0 Å². The van der Waals surface area contributed by atoms with Crippen molar-refractivity contribution in [3.05, 3.63) is 0 Å². The molecule has 134 valence electrons. The van der Waals surface area contributed by atoms with Crippen LogP contribution >= 0.6 is 7.82 Å². The maximum atomic E-state index is 11.8. The van der Waals surface area contributed by atoms with Crippen LogP contribution in [0.3, 0.4) is 0 Å². The smallest absolute Gasteiger partial charge is 0.756 e. The van der Waals surface area contributed by atoms with Crippen LogP contribution in [0.25, 0.3) is 0 Å². The number of phosphoric ester groups is 1. The summed E-state index contributed by atoms with van der Waals surface area (Å²) in [6.45, 7) is 7.90. The minimum absolute atomic E-state index is 0. The molecule has 0 spiro atoms. The van der Waals surface area contributed by atoms with Gasteiger partial charge in [0.25, 0.3) is 7.82 Å². The van der Waals surface area contributed by atoms with Gasteiger partial charge in [0.15, 0.2) is 0 Å². The third-order valence-corrected chi connectivity index (χ3v) is 4.78. The van der Waals surface area contributed by atoms with Crippen molar-refractivity contribution in [3.8, 4) is 0 Å². The average Bonchev–Trinajstić information content (AvgIpc) is 2.38. The van der Waals surface area contributed by atoms with E-state index in [1.807, 2.05) is 0 Å². The van der Waals surface area contributed by atoms with E-state index in [1.54, 1.807) is 13.8 Å². The summed E-state index contributed by atoms with van der Waals surface area (Å²) >= 11 is 0. The van der Waals surface area contributed by atoms with E-state index in [4.69, 9.17) is 9.05 Å². The Bertz CT molecular complexity index is 265. The summed E-state index contributed by atoms with van der Waals surface area (Å²) in [5, 5.41) is 0. The molecule has 0 aromatic carbocycles. The van der Waals surface area contributed by atoms with E-state index in [0.717, 1.165) is 38.5 Å². The second-order valence-corrected chi connectivity index (χ2v) is 7.29. The van der Waals surface area contributed by atoms with Gasteiger partial charge < -0.3 is 13.9 Å². The van der Waals surface area contributed by atoms with Crippen LogP contribution < -0.4 is 4.89 Å². The van der Waals surface area contributed by atoms with E-state index < -0.39 is 7.82 Å². The van der Waals surface area contributed by atoms with Gasteiger partial charge in [-0.3, -0.25) is 4.57 Å². The maximum absolute atomic E-state index is 11.8. The summed E-state index contributed by atoms with van der Waals surface area (Å²) in [5.41, 5.74) is 0. The predicted octanol–water partition coefficient (Wildman–Crippen LogP) is 5.20. The Morgan fingerprint density at radius 3 is 1.50 bits per heavy atom. The molecule has 4 nitrogen and oxygen atoms in total. The van der Waals surface area contributed by atoms with Crippen molar-refractivity contribution in [2.45, 2.75) is 104 Å². The zero-order valence-electron chi connectivity index (χ0n) is 14.7. The SMILES string of the molecule is CCCCCCC(C)OP(=O)([O-])OC(C)CCCCCC.[Fe+2]. The fraction of sp³-hybridized carbons (Fsp3) is 1.00. The number of unbranched alkanes of at least 4 members (excludes halogenated alkanes) is 6. The largest absolute Gasteiger partial charge is 2.00 e. The molecule has 0 aliphatic carbocycles. The van der Waals surface area contributed by atoms with Crippen LogP contribution in [0.1, 0.15) is 91.9 Å². The number of rotatable bonds is 14. The molecular weight excluding hydrogens is 343 g/mol. The number of phosphoric acid groups is 1. The van der Waals surface area contributed by atoms with E-state index in [9.17, 15) is 9.46 Å². The van der Waals surface area contributed by atoms with Crippen LogP contribution in [0, 0.1) is 0 Å². The standard InChI is InChI=1S/C16H35O4P.Fe/c1-5-7-9-11-13-15(3)19-21(17,18)20-16(4)14-12-10-8-6-2;/h15-16H,5-14H2,1-4H3,(H,17,18);/q;+2/p-1. The first-order valence-corrected chi connectivity index (χ1v) is 10.0. The molecule has 2 atom stereocenters. The van der Waals surface area contributed by atoms with E-state index >= 15 is 0 Å². The van der Waals surface area contributed by atoms with Gasteiger partial charge in [0, 0.05) is 0 Å². The zero-order valence-corrected chi connectivity index (χ0v) is 16.7. The van der Waals surface area contributed by atoms with Crippen LogP contribution in [-0.2, 0) is 30.7 Å². The first-order chi connectivity index (χ1) is 9.91. The van der Waals surface area contributed by atoms with E-state index in [2.05, 4.69) is 13.8 Å². The average molecular weight is 377 g/mol. The minimum atomic E-state index is -4.17. The predicted molar refractivity (Wildman–Crippen MR) is 86.2 cm³/mol. The Hall–Kier alpha value is 0.629. The molecule has 6 heteroatoms. The van der Waals surface area contributed by atoms with Gasteiger partial charge in [-0.1, -0.05) is 65.2 Å². The van der Waals surface area contributed by atoms with E-state index in [0.29, 0.717) is 0 Å². The fourth-order valence-corrected chi connectivity index (χ4v) is 3.43. The molecule has 0 radical (unpaired) electrons. The third kappa shape index (κ3) is 15.5. The molecule has 0 aromatic rings. The Labute approximate surface area is 147 Å². The molecular formula is C16H34FeO4P+. The Balaban J connectivity index is 0. The van der Waals surface area contributed by atoms with Gasteiger partial charge in [-0.05, 0) is 26.7 Å². The van der Waals surface area contributed by atoms with Crippen LogP contribution in [0.4, 0.5) is 0 Å². The molecule has 0 rings (SSSR count). The molecule has 22 heavy (non-hydrogen) atoms. The topological polar surface area (TPSA) is 58.6 Å². The van der Waals surface area contributed by atoms with Crippen molar-refractivity contribution in [2.24, 2.45) is 0 Å². The van der Waals surface area contributed by atoms with E-state index in [-0.39, 0.29) is 29.3 Å². The molecule has 0 heterocycles. The summed E-state index contributed by atoms with van der Waals surface area (Å²) in [4.78, 5) is 11.8. The monoisotopic (exact) mass is 377 g/mol. The summed E-state index contributed by atoms with van der Waals surface area (Å²) in [5.74, 6) is 0. The first kappa shape index (κ1) is 24.9. The van der Waals surface area contributed by atoms with Gasteiger partial charge in [0.1, 0.15) is 0 Å². The molecule has 2 unspecified atom stereocenters. The van der Waals surface area contributed by atoms with Crippen molar-refractivity contribution in [3.63, 3.8) is 0 Å². The quantitative estimate of drug-likeness (QED) is 0.237. The zero-order chi connectivity index (χ0) is 16.1. The molecule has 0 aromatic heterocycles. The molecule has 0 saturated carbocycles. The summed E-state index contributed by atoms with van der Waals surface area (Å²) < 4.78 is 22.0. The second-order valence-electron chi connectivity index (χ2n) is 5.98. The molecule has 0 saturated heterocycles. The van der Waals surface area contributed by atoms with Crippen LogP contribution in [-0.4, -0.2) is 12.2 Å². The molecule has 0 aliphatic rings. The summed E-state index contributed by atoms with van der Waals surface area (Å²) in [6, 6.07) is 0. The first-order valence-electron chi connectivity index (χ1n) is 8.59. The minimum Gasteiger partial charge on any atom is -0.756 e. The maximum Gasteiger partial charge on any atom is 2.00 e. The van der Waals surface area contributed by atoms with Gasteiger partial charge in [0.05, 0.1) is 12.2 Å². The van der Waals surface area contributed by atoms with Crippen molar-refractivity contribution in [1.29, 1.82) is 0 Å². The van der Waals surface area contributed by atoms with Gasteiger partial charge in [0.2, 0.25) is 0 Å². The van der Waals surface area contributed by atoms with Gasteiger partial charge in [-0.25, -0.2) is 0 Å². The molecule has 0 N–H and O–H groups in total. The van der Waals surface area contributed by atoms with Crippen molar-refractivity contribution in [2.75, 3.05) is 0 Å². The van der Waals surface area contributed by atoms with Gasteiger partial charge in [-0.2, -0.15) is 0 Å². The molecule has 0 fully saturated rings. The Kier molecular flexibility index (Phi) is 17.2. The third-order valence-electron chi connectivity index (χ3n) is 3.55. The molecule has 0 bridgehead atoms. The van der Waals surface area contributed by atoms with Gasteiger partial charge >= 0.3 is 17.1 Å². The van der Waals surface area contributed by atoms with Crippen molar-refractivity contribution >= 4 is 7.82 Å². The molecule has 0 amide bonds. The van der Waals surface area contributed by atoms with Crippen molar-refractivity contribution < 1.29 is 35.6 Å². The Morgan fingerprint density at radius 2 is 1.18 bits per heavy atom. The van der Waals surface area contributed by atoms with Crippen LogP contribution in [0.15, 0.2) is 0 Å². The van der Waals surface area contributed by atoms with Crippen molar-refractivity contribution in [1.82, 2.24) is 0 Å². The fourth-order valence-electron chi connectivity index (χ4n) is 2.29. The summed E-state index contributed by atoms with van der Waals surface area (Å²) in [7, 11) is -4.17. The summed E-state index contributed by atoms with van der Waals surface area (Å²) in [6.07, 6.45) is 9.92. The number of hydrogen-bond donors (Lipinski definition) is 0. The van der Waals surface area contributed by atoms with E-state index in [1.165, 1.54) is 25.7 Å². The van der Waals surface area contributed by atoms with Gasteiger partial charge in [-0.15, -0.1) is 0 Å². The number of hydrogen-bond acceptors (Lipinski definition) is 4. The molecule has 0 aliphatic heterocycles.